The van der Waals surface area contributed by atoms with Gasteiger partial charge < -0.3 is 23.7 Å². The molecule has 0 bridgehead atoms. The van der Waals surface area contributed by atoms with Gasteiger partial charge in [-0.15, -0.1) is 0 Å². The van der Waals surface area contributed by atoms with Gasteiger partial charge in [0, 0.05) is 13.8 Å². The predicted molar refractivity (Wildman–Crippen MR) is 152 cm³/mol. The third kappa shape index (κ3) is 8.70. The second-order valence-corrected chi connectivity index (χ2v) is 11.7. The SMILES string of the molecule is CC(=O)OCC1OC(OC(C)=O)C(NS(=O)(=O)c2ccc(C)cc2)C(OCc2ccccc2)C1OCc1ccccc1. The van der Waals surface area contributed by atoms with Crippen molar-refractivity contribution in [1.29, 1.82) is 0 Å². The van der Waals surface area contributed by atoms with Crippen LogP contribution < -0.4 is 4.72 Å². The van der Waals surface area contributed by atoms with Gasteiger partial charge in [0.1, 0.15) is 31.0 Å². The number of ether oxygens (including phenoxy) is 5. The Bertz CT molecular complexity index is 1420. The van der Waals surface area contributed by atoms with Crippen LogP contribution in [0.5, 0.6) is 0 Å². The highest BCUT2D eigenvalue weighted by Gasteiger charge is 2.51. The zero-order valence-electron chi connectivity index (χ0n) is 23.7. The number of sulfonamides is 1. The monoisotopic (exact) mass is 597 g/mol. The van der Waals surface area contributed by atoms with Crippen LogP contribution in [0.15, 0.2) is 89.8 Å². The summed E-state index contributed by atoms with van der Waals surface area (Å²) in [5.41, 5.74) is 2.57. The summed E-state index contributed by atoms with van der Waals surface area (Å²) in [4.78, 5) is 23.9. The van der Waals surface area contributed by atoms with Crippen LogP contribution in [0.25, 0.3) is 0 Å². The Kier molecular flexibility index (Phi) is 10.8. The van der Waals surface area contributed by atoms with Crippen LogP contribution in [0, 0.1) is 6.92 Å². The molecule has 1 aliphatic heterocycles. The Morgan fingerprint density at radius 3 is 1.86 bits per heavy atom. The molecule has 0 radical (unpaired) electrons. The van der Waals surface area contributed by atoms with Crippen molar-refractivity contribution in [2.45, 2.75) is 69.5 Å². The van der Waals surface area contributed by atoms with Gasteiger partial charge in [0.05, 0.1) is 18.1 Å². The number of carbonyl (C=O) groups excluding carboxylic acids is 2. The largest absolute Gasteiger partial charge is 0.463 e. The van der Waals surface area contributed by atoms with Crippen molar-refractivity contribution in [2.24, 2.45) is 0 Å². The van der Waals surface area contributed by atoms with Gasteiger partial charge in [-0.25, -0.2) is 8.42 Å². The molecule has 0 spiro atoms. The van der Waals surface area contributed by atoms with Crippen molar-refractivity contribution in [1.82, 2.24) is 4.72 Å². The topological polar surface area (TPSA) is 126 Å². The van der Waals surface area contributed by atoms with E-state index >= 15 is 0 Å². The molecule has 0 saturated carbocycles. The fourth-order valence-corrected chi connectivity index (χ4v) is 5.76. The van der Waals surface area contributed by atoms with Gasteiger partial charge in [-0.2, -0.15) is 4.72 Å². The first-order valence-electron chi connectivity index (χ1n) is 13.5. The van der Waals surface area contributed by atoms with Crippen LogP contribution in [0.3, 0.4) is 0 Å². The summed E-state index contributed by atoms with van der Waals surface area (Å²) >= 11 is 0. The first-order chi connectivity index (χ1) is 20.1. The normalized spacial score (nSPS) is 22.3. The molecule has 224 valence electrons. The van der Waals surface area contributed by atoms with Crippen LogP contribution in [-0.2, 0) is 56.5 Å². The molecule has 4 rings (SSSR count). The molecule has 42 heavy (non-hydrogen) atoms. The van der Waals surface area contributed by atoms with E-state index in [1.54, 1.807) is 12.1 Å². The van der Waals surface area contributed by atoms with E-state index < -0.39 is 52.6 Å². The molecule has 3 aromatic rings. The second-order valence-electron chi connectivity index (χ2n) is 9.94. The molecule has 11 heteroatoms. The Balaban J connectivity index is 1.73. The van der Waals surface area contributed by atoms with Crippen LogP contribution in [0.2, 0.25) is 0 Å². The van der Waals surface area contributed by atoms with Crippen LogP contribution >= 0.6 is 0 Å². The summed E-state index contributed by atoms with van der Waals surface area (Å²) in [5.74, 6) is -1.25. The van der Waals surface area contributed by atoms with Gasteiger partial charge in [-0.05, 0) is 30.2 Å². The molecule has 0 aromatic heterocycles. The smallest absolute Gasteiger partial charge is 0.304 e. The molecule has 3 aromatic carbocycles. The fraction of sp³-hybridized carbons (Fsp3) is 0.355. The number of esters is 2. The van der Waals surface area contributed by atoms with Gasteiger partial charge in [0.2, 0.25) is 16.3 Å². The lowest BCUT2D eigenvalue weighted by molar-refractivity contribution is -0.279. The Morgan fingerprint density at radius 2 is 1.33 bits per heavy atom. The molecule has 5 unspecified atom stereocenters. The number of nitrogens with one attached hydrogen (secondary N) is 1. The number of carbonyl (C=O) groups is 2. The Hall–Kier alpha value is -3.61. The Labute approximate surface area is 245 Å². The van der Waals surface area contributed by atoms with Gasteiger partial charge >= 0.3 is 11.9 Å². The number of aryl methyl sites for hydroxylation is 1. The van der Waals surface area contributed by atoms with E-state index in [1.165, 1.54) is 26.0 Å². The average molecular weight is 598 g/mol. The summed E-state index contributed by atoms with van der Waals surface area (Å²) in [6, 6.07) is 23.8. The van der Waals surface area contributed by atoms with E-state index in [2.05, 4.69) is 4.72 Å². The third-order valence-electron chi connectivity index (χ3n) is 6.57. The molecular weight excluding hydrogens is 562 g/mol. The van der Waals surface area contributed by atoms with E-state index in [0.29, 0.717) is 0 Å². The lowest BCUT2D eigenvalue weighted by Crippen LogP contribution is -2.66. The van der Waals surface area contributed by atoms with E-state index in [4.69, 9.17) is 23.7 Å². The van der Waals surface area contributed by atoms with Crippen LogP contribution in [0.4, 0.5) is 0 Å². The highest BCUT2D eigenvalue weighted by Crippen LogP contribution is 2.30. The van der Waals surface area contributed by atoms with Crippen LogP contribution in [0.1, 0.15) is 30.5 Å². The first kappa shape index (κ1) is 31.3. The van der Waals surface area contributed by atoms with Crippen molar-refractivity contribution >= 4 is 22.0 Å². The summed E-state index contributed by atoms with van der Waals surface area (Å²) in [6.45, 7) is 4.27. The summed E-state index contributed by atoms with van der Waals surface area (Å²) < 4.78 is 59.3. The van der Waals surface area contributed by atoms with Crippen LogP contribution in [-0.4, -0.2) is 57.6 Å². The minimum absolute atomic E-state index is 0.0141. The van der Waals surface area contributed by atoms with E-state index in [0.717, 1.165) is 16.7 Å². The molecule has 1 N–H and O–H groups in total. The second kappa shape index (κ2) is 14.5. The third-order valence-corrected chi connectivity index (χ3v) is 8.05. The molecule has 1 heterocycles. The van der Waals surface area contributed by atoms with Crippen molar-refractivity contribution in [3.05, 3.63) is 102 Å². The summed E-state index contributed by atoms with van der Waals surface area (Å²) in [7, 11) is -4.14. The number of rotatable bonds is 12. The summed E-state index contributed by atoms with van der Waals surface area (Å²) in [5, 5.41) is 0. The molecule has 1 aliphatic rings. The maximum atomic E-state index is 13.6. The molecule has 1 saturated heterocycles. The van der Waals surface area contributed by atoms with Gasteiger partial charge in [0.25, 0.3) is 0 Å². The molecule has 10 nitrogen and oxygen atoms in total. The van der Waals surface area contributed by atoms with Gasteiger partial charge in [-0.3, -0.25) is 9.59 Å². The average Bonchev–Trinajstić information content (AvgIpc) is 2.96. The minimum Gasteiger partial charge on any atom is -0.463 e. The highest BCUT2D eigenvalue weighted by atomic mass is 32.2. The standard InChI is InChI=1S/C31H35NO9S/c1-21-14-16-26(17-15-21)42(35,36)32-28-30(39-19-25-12-8-5-9-13-25)29(38-18-24-10-6-4-7-11-24)27(20-37-22(2)33)41-31(28)40-23(3)34/h4-17,27-32H,18-20H2,1-3H3. The lowest BCUT2D eigenvalue weighted by atomic mass is 9.96. The summed E-state index contributed by atoms with van der Waals surface area (Å²) in [6.07, 6.45) is -4.35. The molecule has 1 fully saturated rings. The van der Waals surface area contributed by atoms with E-state index in [1.807, 2.05) is 67.6 Å². The minimum atomic E-state index is -4.14. The van der Waals surface area contributed by atoms with Gasteiger partial charge in [0.15, 0.2) is 0 Å². The van der Waals surface area contributed by atoms with E-state index in [-0.39, 0.29) is 24.7 Å². The maximum absolute atomic E-state index is 13.6. The first-order valence-corrected chi connectivity index (χ1v) is 15.0. The quantitative estimate of drug-likeness (QED) is 0.311. The molecule has 0 amide bonds. The molecule has 0 aliphatic carbocycles. The van der Waals surface area contributed by atoms with Crippen molar-refractivity contribution < 1.29 is 41.7 Å². The lowest BCUT2D eigenvalue weighted by Gasteiger charge is -2.45. The zero-order chi connectivity index (χ0) is 30.1. The fourth-order valence-electron chi connectivity index (χ4n) is 4.52. The maximum Gasteiger partial charge on any atom is 0.304 e. The van der Waals surface area contributed by atoms with Crippen molar-refractivity contribution in [3.63, 3.8) is 0 Å². The Morgan fingerprint density at radius 1 is 0.786 bits per heavy atom. The number of hydrogen-bond donors (Lipinski definition) is 1. The van der Waals surface area contributed by atoms with Crippen molar-refractivity contribution in [2.75, 3.05) is 6.61 Å². The zero-order valence-corrected chi connectivity index (χ0v) is 24.5. The van der Waals surface area contributed by atoms with Crippen molar-refractivity contribution in [3.8, 4) is 0 Å². The van der Waals surface area contributed by atoms with E-state index in [9.17, 15) is 18.0 Å². The number of hydrogen-bond acceptors (Lipinski definition) is 9. The molecular formula is C31H35NO9S. The van der Waals surface area contributed by atoms with Gasteiger partial charge in [-0.1, -0.05) is 78.4 Å². The highest BCUT2D eigenvalue weighted by molar-refractivity contribution is 7.89. The molecule has 5 atom stereocenters. The number of benzene rings is 3. The predicted octanol–water partition coefficient (Wildman–Crippen LogP) is 3.66.